The number of fused-ring (bicyclic) bond motifs is 3. The van der Waals surface area contributed by atoms with Crippen molar-refractivity contribution in [2.24, 2.45) is 5.92 Å². The van der Waals surface area contributed by atoms with Crippen LogP contribution in [0.5, 0.6) is 0 Å². The zero-order valence-corrected chi connectivity index (χ0v) is 12.0. The van der Waals surface area contributed by atoms with Gasteiger partial charge in [-0.05, 0) is 24.0 Å². The lowest BCUT2D eigenvalue weighted by atomic mass is 9.78. The molecule has 3 rings (SSSR count). The molecular formula is C16H17N2O3-. The SMILES string of the molecule is CN(C)C(=O)c1cccc2c1N[C@H](C(=O)[O-])[C@H]1CC=C[C@@H]21. The Morgan fingerprint density at radius 1 is 1.33 bits per heavy atom. The van der Waals surface area contributed by atoms with Crippen LogP contribution in [0, 0.1) is 5.92 Å². The molecule has 0 bridgehead atoms. The Morgan fingerprint density at radius 3 is 2.76 bits per heavy atom. The summed E-state index contributed by atoms with van der Waals surface area (Å²) in [6.45, 7) is 0. The first-order valence-corrected chi connectivity index (χ1v) is 6.99. The topological polar surface area (TPSA) is 72.5 Å². The van der Waals surface area contributed by atoms with Crippen molar-refractivity contribution >= 4 is 17.6 Å². The molecule has 2 aliphatic rings. The van der Waals surface area contributed by atoms with Crippen LogP contribution in [0.2, 0.25) is 0 Å². The number of aliphatic carboxylic acids is 1. The number of nitrogens with one attached hydrogen (secondary N) is 1. The molecule has 0 aromatic heterocycles. The third kappa shape index (κ3) is 2.09. The Kier molecular flexibility index (Phi) is 3.20. The van der Waals surface area contributed by atoms with Gasteiger partial charge in [-0.1, -0.05) is 24.3 Å². The molecular weight excluding hydrogens is 268 g/mol. The number of benzene rings is 1. The summed E-state index contributed by atoms with van der Waals surface area (Å²) < 4.78 is 0. The predicted octanol–water partition coefficient (Wildman–Crippen LogP) is 0.592. The molecule has 110 valence electrons. The van der Waals surface area contributed by atoms with E-state index in [1.165, 1.54) is 4.90 Å². The normalized spacial score (nSPS) is 25.7. The zero-order valence-electron chi connectivity index (χ0n) is 12.0. The van der Waals surface area contributed by atoms with Crippen molar-refractivity contribution in [3.63, 3.8) is 0 Å². The molecule has 5 heteroatoms. The quantitative estimate of drug-likeness (QED) is 0.807. The maximum atomic E-state index is 12.3. The number of carbonyl (C=O) groups excluding carboxylic acids is 2. The first-order chi connectivity index (χ1) is 10.0. The fourth-order valence-corrected chi connectivity index (χ4v) is 3.27. The summed E-state index contributed by atoms with van der Waals surface area (Å²) in [6.07, 6.45) is 4.74. The van der Waals surface area contributed by atoms with E-state index in [-0.39, 0.29) is 17.7 Å². The summed E-state index contributed by atoms with van der Waals surface area (Å²) in [4.78, 5) is 25.2. The van der Waals surface area contributed by atoms with Crippen LogP contribution in [0.1, 0.15) is 28.3 Å². The standard InChI is InChI=1S/C16H18N2O3/c1-18(2)15(19)12-8-4-6-10-9-5-3-7-11(9)14(16(20)21)17-13(10)12/h3-6,8-9,11,14,17H,7H2,1-2H3,(H,20,21)/p-1/t9-,11-,14-/m0/s1. The number of anilines is 1. The van der Waals surface area contributed by atoms with Crippen molar-refractivity contribution in [2.45, 2.75) is 18.4 Å². The number of rotatable bonds is 2. The van der Waals surface area contributed by atoms with Gasteiger partial charge in [0.1, 0.15) is 0 Å². The van der Waals surface area contributed by atoms with Crippen molar-refractivity contribution in [3.05, 3.63) is 41.5 Å². The van der Waals surface area contributed by atoms with E-state index in [0.717, 1.165) is 5.56 Å². The highest BCUT2D eigenvalue weighted by Crippen LogP contribution is 2.45. The largest absolute Gasteiger partial charge is 0.548 e. The van der Waals surface area contributed by atoms with E-state index >= 15 is 0 Å². The fourth-order valence-electron chi connectivity index (χ4n) is 3.27. The first kappa shape index (κ1) is 13.7. The molecule has 3 atom stereocenters. The van der Waals surface area contributed by atoms with Gasteiger partial charge < -0.3 is 20.1 Å². The minimum Gasteiger partial charge on any atom is -0.548 e. The number of hydrogen-bond donors (Lipinski definition) is 1. The van der Waals surface area contributed by atoms with E-state index in [1.807, 2.05) is 24.3 Å². The van der Waals surface area contributed by atoms with Gasteiger partial charge in [0, 0.05) is 20.0 Å². The number of para-hydroxylation sites is 1. The number of carbonyl (C=O) groups is 2. The second-order valence-electron chi connectivity index (χ2n) is 5.76. The molecule has 0 spiro atoms. The lowest BCUT2D eigenvalue weighted by molar-refractivity contribution is -0.308. The third-order valence-electron chi connectivity index (χ3n) is 4.29. The molecule has 21 heavy (non-hydrogen) atoms. The van der Waals surface area contributed by atoms with Crippen molar-refractivity contribution in [2.75, 3.05) is 19.4 Å². The van der Waals surface area contributed by atoms with Crippen LogP contribution >= 0.6 is 0 Å². The Labute approximate surface area is 123 Å². The van der Waals surface area contributed by atoms with Gasteiger partial charge in [0.25, 0.3) is 5.91 Å². The van der Waals surface area contributed by atoms with Gasteiger partial charge in [0.05, 0.1) is 23.3 Å². The van der Waals surface area contributed by atoms with Gasteiger partial charge in [-0.25, -0.2) is 0 Å². The van der Waals surface area contributed by atoms with Crippen LogP contribution in [-0.4, -0.2) is 36.9 Å². The van der Waals surface area contributed by atoms with Gasteiger partial charge in [-0.15, -0.1) is 0 Å². The van der Waals surface area contributed by atoms with Crippen molar-refractivity contribution in [1.29, 1.82) is 0 Å². The number of allylic oxidation sites excluding steroid dienone is 2. The van der Waals surface area contributed by atoms with Crippen LogP contribution < -0.4 is 10.4 Å². The van der Waals surface area contributed by atoms with Crippen LogP contribution in [0.25, 0.3) is 0 Å². The molecule has 1 aliphatic carbocycles. The molecule has 0 saturated heterocycles. The van der Waals surface area contributed by atoms with E-state index in [0.29, 0.717) is 17.7 Å². The number of hydrogen-bond acceptors (Lipinski definition) is 4. The third-order valence-corrected chi connectivity index (χ3v) is 4.29. The Balaban J connectivity index is 2.12. The maximum absolute atomic E-state index is 12.3. The predicted molar refractivity (Wildman–Crippen MR) is 76.9 cm³/mol. The lowest BCUT2D eigenvalue weighted by Gasteiger charge is -2.38. The maximum Gasteiger partial charge on any atom is 0.255 e. The second-order valence-corrected chi connectivity index (χ2v) is 5.76. The molecule has 0 saturated carbocycles. The molecule has 1 aliphatic heterocycles. The Bertz CT molecular complexity index is 636. The van der Waals surface area contributed by atoms with Gasteiger partial charge in [0.2, 0.25) is 0 Å². The minimum absolute atomic E-state index is 0.0269. The average molecular weight is 285 g/mol. The fraction of sp³-hybridized carbons (Fsp3) is 0.375. The van der Waals surface area contributed by atoms with Gasteiger partial charge in [-0.2, -0.15) is 0 Å². The van der Waals surface area contributed by atoms with Gasteiger partial charge >= 0.3 is 0 Å². The molecule has 0 unspecified atom stereocenters. The average Bonchev–Trinajstić information content (AvgIpc) is 2.94. The summed E-state index contributed by atoms with van der Waals surface area (Å²) in [7, 11) is 3.36. The van der Waals surface area contributed by atoms with E-state index in [2.05, 4.69) is 5.32 Å². The molecule has 1 amide bonds. The first-order valence-electron chi connectivity index (χ1n) is 6.99. The molecule has 1 heterocycles. The molecule has 0 radical (unpaired) electrons. The summed E-state index contributed by atoms with van der Waals surface area (Å²) in [5, 5.41) is 14.4. The van der Waals surface area contributed by atoms with Crippen molar-refractivity contribution in [1.82, 2.24) is 4.90 Å². The smallest absolute Gasteiger partial charge is 0.255 e. The number of nitrogens with zero attached hydrogens (tertiary/aromatic N) is 1. The van der Waals surface area contributed by atoms with E-state index in [1.54, 1.807) is 20.2 Å². The highest BCUT2D eigenvalue weighted by Gasteiger charge is 2.39. The molecule has 0 fully saturated rings. The van der Waals surface area contributed by atoms with Crippen LogP contribution in [0.4, 0.5) is 5.69 Å². The highest BCUT2D eigenvalue weighted by molar-refractivity contribution is 6.01. The van der Waals surface area contributed by atoms with Crippen LogP contribution in [-0.2, 0) is 4.79 Å². The number of carboxylic acid groups (broad SMARTS) is 1. The van der Waals surface area contributed by atoms with Crippen molar-refractivity contribution < 1.29 is 14.7 Å². The van der Waals surface area contributed by atoms with E-state index in [4.69, 9.17) is 0 Å². The summed E-state index contributed by atoms with van der Waals surface area (Å²) in [6, 6.07) is 4.75. The molecule has 1 N–H and O–H groups in total. The second kappa shape index (κ2) is 4.91. The Hall–Kier alpha value is -2.30. The summed E-state index contributed by atoms with van der Waals surface area (Å²) >= 11 is 0. The lowest BCUT2D eigenvalue weighted by Crippen LogP contribution is -2.49. The Morgan fingerprint density at radius 2 is 2.10 bits per heavy atom. The molecule has 5 nitrogen and oxygen atoms in total. The summed E-state index contributed by atoms with van der Waals surface area (Å²) in [5.74, 6) is -1.28. The molecule has 1 aromatic carbocycles. The van der Waals surface area contributed by atoms with Crippen molar-refractivity contribution in [3.8, 4) is 0 Å². The monoisotopic (exact) mass is 285 g/mol. The van der Waals surface area contributed by atoms with Gasteiger partial charge in [-0.3, -0.25) is 4.79 Å². The van der Waals surface area contributed by atoms with E-state index in [9.17, 15) is 14.7 Å². The summed E-state index contributed by atoms with van der Waals surface area (Å²) in [5.41, 5.74) is 2.11. The van der Waals surface area contributed by atoms with Crippen LogP contribution in [0.3, 0.4) is 0 Å². The molecule has 1 aromatic rings. The zero-order chi connectivity index (χ0) is 15.1. The van der Waals surface area contributed by atoms with Crippen LogP contribution in [0.15, 0.2) is 30.4 Å². The highest BCUT2D eigenvalue weighted by atomic mass is 16.4. The number of carboxylic acids is 1. The number of amides is 1. The van der Waals surface area contributed by atoms with E-state index < -0.39 is 12.0 Å². The van der Waals surface area contributed by atoms with Gasteiger partial charge in [0.15, 0.2) is 0 Å². The minimum atomic E-state index is -1.12.